The summed E-state index contributed by atoms with van der Waals surface area (Å²) in [5.74, 6) is -0.116. The Hall–Kier alpha value is -1.36. The molecule has 0 aliphatic heterocycles. The molecule has 4 nitrogen and oxygen atoms in total. The highest BCUT2D eigenvalue weighted by molar-refractivity contribution is 8.13. The van der Waals surface area contributed by atoms with Gasteiger partial charge in [-0.2, -0.15) is 0 Å². The lowest BCUT2D eigenvalue weighted by molar-refractivity contribution is 0.241. The number of hydrogen-bond donors (Lipinski definition) is 2. The van der Waals surface area contributed by atoms with Gasteiger partial charge in [0.25, 0.3) is 5.24 Å². The quantitative estimate of drug-likeness (QED) is 0.699. The number of aromatic hydroxyl groups is 2. The maximum atomic E-state index is 11.3. The number of thioether (sulfide) groups is 1. The largest absolute Gasteiger partial charge is 0.508 e. The normalized spacial score (nSPS) is 9.86. The van der Waals surface area contributed by atoms with Crippen LogP contribution in [0, 0.1) is 0 Å². The van der Waals surface area contributed by atoms with Crippen molar-refractivity contribution in [1.82, 2.24) is 4.90 Å². The number of nitrogens with zero attached hydrogens (tertiary/aromatic N) is 1. The standard InChI is InChI=1S/C9H11NO3S/c1-10(2)9(13)14-8-4-3-6(11)5-7(8)12/h3-5,11-12H,1-2H3. The van der Waals surface area contributed by atoms with Gasteiger partial charge in [-0.1, -0.05) is 0 Å². The first-order valence-corrected chi connectivity index (χ1v) is 4.73. The Morgan fingerprint density at radius 3 is 2.50 bits per heavy atom. The number of phenols is 2. The van der Waals surface area contributed by atoms with E-state index in [1.54, 1.807) is 14.1 Å². The molecule has 1 aromatic carbocycles. The predicted molar refractivity (Wildman–Crippen MR) is 54.7 cm³/mol. The maximum absolute atomic E-state index is 11.3. The molecule has 2 N–H and O–H groups in total. The van der Waals surface area contributed by atoms with E-state index in [9.17, 15) is 9.90 Å². The van der Waals surface area contributed by atoms with Crippen molar-refractivity contribution in [3.05, 3.63) is 18.2 Å². The SMILES string of the molecule is CN(C)C(=O)Sc1ccc(O)cc1O. The smallest absolute Gasteiger partial charge is 0.286 e. The van der Waals surface area contributed by atoms with Gasteiger partial charge in [-0.15, -0.1) is 0 Å². The fourth-order valence-corrected chi connectivity index (χ4v) is 1.45. The van der Waals surface area contributed by atoms with Crippen molar-refractivity contribution in [3.8, 4) is 11.5 Å². The van der Waals surface area contributed by atoms with Crippen molar-refractivity contribution in [2.24, 2.45) is 0 Å². The van der Waals surface area contributed by atoms with Crippen molar-refractivity contribution in [2.45, 2.75) is 4.90 Å². The van der Waals surface area contributed by atoms with Crippen molar-refractivity contribution in [1.29, 1.82) is 0 Å². The third kappa shape index (κ3) is 2.56. The molecule has 1 rings (SSSR count). The van der Waals surface area contributed by atoms with Gasteiger partial charge in [0.1, 0.15) is 11.5 Å². The summed E-state index contributed by atoms with van der Waals surface area (Å²) in [5.41, 5.74) is 0. The van der Waals surface area contributed by atoms with Crippen LogP contribution in [0.2, 0.25) is 0 Å². The van der Waals surface area contributed by atoms with Crippen molar-refractivity contribution >= 4 is 17.0 Å². The molecule has 1 aromatic rings. The van der Waals surface area contributed by atoms with Crippen molar-refractivity contribution in [3.63, 3.8) is 0 Å². The maximum Gasteiger partial charge on any atom is 0.286 e. The van der Waals surface area contributed by atoms with Gasteiger partial charge in [-0.3, -0.25) is 4.79 Å². The molecule has 0 heterocycles. The summed E-state index contributed by atoms with van der Waals surface area (Å²) in [6.07, 6.45) is 0. The van der Waals surface area contributed by atoms with E-state index in [2.05, 4.69) is 0 Å². The minimum atomic E-state index is -0.175. The van der Waals surface area contributed by atoms with Gasteiger partial charge in [0.05, 0.1) is 4.90 Å². The van der Waals surface area contributed by atoms with E-state index in [-0.39, 0.29) is 16.7 Å². The molecule has 76 valence electrons. The Morgan fingerprint density at radius 2 is 2.00 bits per heavy atom. The zero-order valence-electron chi connectivity index (χ0n) is 7.89. The molecule has 0 unspecified atom stereocenters. The third-order valence-corrected chi connectivity index (χ3v) is 2.61. The zero-order valence-corrected chi connectivity index (χ0v) is 8.71. The van der Waals surface area contributed by atoms with Crippen LogP contribution in [0.4, 0.5) is 4.79 Å². The summed E-state index contributed by atoms with van der Waals surface area (Å²) in [6.45, 7) is 0. The number of carbonyl (C=O) groups is 1. The first-order chi connectivity index (χ1) is 6.50. The number of phenolic OH excluding ortho intramolecular Hbond substituents is 2. The molecule has 0 aromatic heterocycles. The Labute approximate surface area is 86.2 Å². The van der Waals surface area contributed by atoms with Crippen LogP contribution in [0.1, 0.15) is 0 Å². The topological polar surface area (TPSA) is 60.8 Å². The number of carbonyl (C=O) groups excluding carboxylic acids is 1. The molecular formula is C9H11NO3S. The molecule has 0 radical (unpaired) electrons. The Kier molecular flexibility index (Phi) is 3.24. The summed E-state index contributed by atoms with van der Waals surface area (Å²) < 4.78 is 0. The molecule has 0 bridgehead atoms. The fraction of sp³-hybridized carbons (Fsp3) is 0.222. The Morgan fingerprint density at radius 1 is 1.36 bits per heavy atom. The highest BCUT2D eigenvalue weighted by Crippen LogP contribution is 2.32. The highest BCUT2D eigenvalue weighted by atomic mass is 32.2. The summed E-state index contributed by atoms with van der Waals surface area (Å²) in [5, 5.41) is 18.2. The average Bonchev–Trinajstić information content (AvgIpc) is 2.09. The summed E-state index contributed by atoms with van der Waals surface area (Å²) in [7, 11) is 3.26. The minimum absolute atomic E-state index is 0.0239. The highest BCUT2D eigenvalue weighted by Gasteiger charge is 2.10. The molecule has 14 heavy (non-hydrogen) atoms. The lowest BCUT2D eigenvalue weighted by Crippen LogP contribution is -2.15. The van der Waals surface area contributed by atoms with Crippen LogP contribution in [0.3, 0.4) is 0 Å². The van der Waals surface area contributed by atoms with Crippen LogP contribution in [-0.4, -0.2) is 34.4 Å². The van der Waals surface area contributed by atoms with Crippen LogP contribution in [0.5, 0.6) is 11.5 Å². The lowest BCUT2D eigenvalue weighted by Gasteiger charge is -2.09. The second kappa shape index (κ2) is 4.23. The van der Waals surface area contributed by atoms with E-state index in [1.165, 1.54) is 23.1 Å². The van der Waals surface area contributed by atoms with E-state index >= 15 is 0 Å². The molecule has 0 aliphatic carbocycles. The molecule has 0 atom stereocenters. The van der Waals surface area contributed by atoms with Crippen LogP contribution in [0.25, 0.3) is 0 Å². The Balaban J connectivity index is 2.82. The molecule has 0 fully saturated rings. The second-order valence-corrected chi connectivity index (χ2v) is 3.91. The lowest BCUT2D eigenvalue weighted by atomic mass is 10.3. The van der Waals surface area contributed by atoms with E-state index in [0.29, 0.717) is 4.90 Å². The zero-order chi connectivity index (χ0) is 10.7. The molecule has 1 amide bonds. The summed E-state index contributed by atoms with van der Waals surface area (Å²) >= 11 is 0.913. The molecule has 0 saturated heterocycles. The van der Waals surface area contributed by atoms with Gasteiger partial charge in [-0.25, -0.2) is 0 Å². The van der Waals surface area contributed by atoms with Crippen molar-refractivity contribution < 1.29 is 15.0 Å². The molecular weight excluding hydrogens is 202 g/mol. The van der Waals surface area contributed by atoms with Crippen LogP contribution >= 0.6 is 11.8 Å². The van der Waals surface area contributed by atoms with Crippen LogP contribution < -0.4 is 0 Å². The monoisotopic (exact) mass is 213 g/mol. The first-order valence-electron chi connectivity index (χ1n) is 3.92. The Bertz CT molecular complexity index is 352. The molecule has 0 spiro atoms. The number of rotatable bonds is 1. The van der Waals surface area contributed by atoms with E-state index in [0.717, 1.165) is 11.8 Å². The van der Waals surface area contributed by atoms with Gasteiger partial charge in [0, 0.05) is 20.2 Å². The van der Waals surface area contributed by atoms with E-state index < -0.39 is 0 Å². The second-order valence-electron chi connectivity index (χ2n) is 2.91. The van der Waals surface area contributed by atoms with Gasteiger partial charge >= 0.3 is 0 Å². The predicted octanol–water partition coefficient (Wildman–Crippen LogP) is 1.87. The van der Waals surface area contributed by atoms with Gasteiger partial charge in [-0.05, 0) is 23.9 Å². The summed E-state index contributed by atoms with van der Waals surface area (Å²) in [6, 6.07) is 4.12. The first kappa shape index (κ1) is 10.7. The van der Waals surface area contributed by atoms with Gasteiger partial charge in [0.15, 0.2) is 0 Å². The average molecular weight is 213 g/mol. The fourth-order valence-electron chi connectivity index (χ4n) is 0.777. The molecule has 5 heteroatoms. The number of hydrogen-bond acceptors (Lipinski definition) is 4. The molecule has 0 aliphatic rings. The van der Waals surface area contributed by atoms with Crippen LogP contribution in [-0.2, 0) is 0 Å². The summed E-state index contributed by atoms with van der Waals surface area (Å²) in [4.78, 5) is 13.1. The third-order valence-electron chi connectivity index (χ3n) is 1.50. The van der Waals surface area contributed by atoms with E-state index in [4.69, 9.17) is 5.11 Å². The van der Waals surface area contributed by atoms with Crippen molar-refractivity contribution in [2.75, 3.05) is 14.1 Å². The number of amides is 1. The van der Waals surface area contributed by atoms with Gasteiger partial charge in [0.2, 0.25) is 0 Å². The van der Waals surface area contributed by atoms with Gasteiger partial charge < -0.3 is 15.1 Å². The number of benzene rings is 1. The van der Waals surface area contributed by atoms with E-state index in [1.807, 2.05) is 0 Å². The minimum Gasteiger partial charge on any atom is -0.508 e. The molecule has 0 saturated carbocycles. The van der Waals surface area contributed by atoms with Crippen LogP contribution in [0.15, 0.2) is 23.1 Å².